The third-order valence-electron chi connectivity index (χ3n) is 7.86. The molecule has 0 aliphatic carbocycles. The number of aryl methyl sites for hydroxylation is 1. The van der Waals surface area contributed by atoms with E-state index in [1.807, 2.05) is 40.3 Å². The van der Waals surface area contributed by atoms with Crippen LogP contribution in [0, 0.1) is 6.92 Å². The van der Waals surface area contributed by atoms with Crippen LogP contribution in [0.25, 0.3) is 10.9 Å². The Morgan fingerprint density at radius 2 is 1.97 bits per heavy atom. The van der Waals surface area contributed by atoms with E-state index >= 15 is 0 Å². The molecule has 2 saturated heterocycles. The zero-order valence-electron chi connectivity index (χ0n) is 22.2. The first-order valence-electron chi connectivity index (χ1n) is 13.7. The van der Waals surface area contributed by atoms with Crippen LogP contribution in [0.2, 0.25) is 0 Å². The van der Waals surface area contributed by atoms with Crippen LogP contribution in [-0.4, -0.2) is 77.3 Å². The quantitative estimate of drug-likeness (QED) is 0.454. The first-order chi connectivity index (χ1) is 19.0. The number of benzene rings is 1. The monoisotopic (exact) mass is 550 g/mol. The lowest BCUT2D eigenvalue weighted by molar-refractivity contribution is -0.127. The van der Waals surface area contributed by atoms with E-state index in [2.05, 4.69) is 11.0 Å². The minimum atomic E-state index is -0.299. The molecular formula is C29H34N4O5S. The van der Waals surface area contributed by atoms with Gasteiger partial charge < -0.3 is 29.3 Å². The number of aromatic nitrogens is 1. The number of hydrogen-bond donors (Lipinski definition) is 1. The molecule has 2 fully saturated rings. The highest BCUT2D eigenvalue weighted by atomic mass is 32.1. The summed E-state index contributed by atoms with van der Waals surface area (Å²) < 4.78 is 11.2. The van der Waals surface area contributed by atoms with Crippen molar-refractivity contribution >= 4 is 39.9 Å². The van der Waals surface area contributed by atoms with E-state index in [0.29, 0.717) is 69.9 Å². The summed E-state index contributed by atoms with van der Waals surface area (Å²) in [6, 6.07) is 7.95. The summed E-state index contributed by atoms with van der Waals surface area (Å²) in [4.78, 5) is 37.8. The Hall–Kier alpha value is -3.37. The van der Waals surface area contributed by atoms with Crippen molar-refractivity contribution in [1.29, 1.82) is 0 Å². The molecular weight excluding hydrogens is 516 g/mol. The van der Waals surface area contributed by atoms with Crippen molar-refractivity contribution in [3.8, 4) is 11.5 Å². The van der Waals surface area contributed by atoms with Gasteiger partial charge in [-0.05, 0) is 61.7 Å². The lowest BCUT2D eigenvalue weighted by Crippen LogP contribution is -2.38. The predicted octanol–water partition coefficient (Wildman–Crippen LogP) is 3.95. The lowest BCUT2D eigenvalue weighted by Gasteiger charge is -2.33. The molecule has 6 rings (SSSR count). The van der Waals surface area contributed by atoms with Crippen LogP contribution in [0.5, 0.6) is 11.5 Å². The number of likely N-dealkylation sites (tertiary alicyclic amines) is 1. The highest BCUT2D eigenvalue weighted by molar-refractivity contribution is 7.12. The van der Waals surface area contributed by atoms with Crippen LogP contribution in [0.3, 0.4) is 0 Å². The summed E-state index contributed by atoms with van der Waals surface area (Å²) in [6.45, 7) is 5.95. The lowest BCUT2D eigenvalue weighted by atomic mass is 10.1. The predicted molar refractivity (Wildman–Crippen MR) is 150 cm³/mol. The first kappa shape index (κ1) is 25.9. The zero-order valence-corrected chi connectivity index (χ0v) is 23.0. The standard InChI is InChI=1S/C29H34N4O5S/c1-19-7-13-39-27(19)29(36)33(10-3-9-31-8-2-4-26(31)35)17-21-14-20-15-24-25(38-18-37-24)16-23(20)30-28(21)32-11-5-22(34)6-12-32/h7,13-16,22,34H,2-6,8-12,17-18H2,1H3. The smallest absolute Gasteiger partial charge is 0.264 e. The summed E-state index contributed by atoms with van der Waals surface area (Å²) in [5, 5.41) is 13.0. The Morgan fingerprint density at radius 1 is 1.18 bits per heavy atom. The number of aliphatic hydroxyl groups excluding tert-OH is 1. The van der Waals surface area contributed by atoms with Gasteiger partial charge in [-0.3, -0.25) is 9.59 Å². The zero-order chi connectivity index (χ0) is 26.9. The first-order valence-corrected chi connectivity index (χ1v) is 14.6. The average Bonchev–Trinajstić information content (AvgIpc) is 3.68. The number of nitrogens with zero attached hydrogens (tertiary/aromatic N) is 4. The van der Waals surface area contributed by atoms with Gasteiger partial charge in [-0.25, -0.2) is 4.98 Å². The fraction of sp³-hybridized carbons (Fsp3) is 0.483. The summed E-state index contributed by atoms with van der Waals surface area (Å²) in [6.07, 6.45) is 3.30. The number of hydrogen-bond acceptors (Lipinski definition) is 8. The normalized spacial score (nSPS) is 17.4. The van der Waals surface area contributed by atoms with Gasteiger partial charge in [0.25, 0.3) is 5.91 Å². The number of rotatable bonds is 8. The van der Waals surface area contributed by atoms with Crippen molar-refractivity contribution < 1.29 is 24.2 Å². The maximum Gasteiger partial charge on any atom is 0.264 e. The number of amides is 2. The largest absolute Gasteiger partial charge is 0.454 e. The van der Waals surface area contributed by atoms with Gasteiger partial charge in [-0.15, -0.1) is 11.3 Å². The van der Waals surface area contributed by atoms with Crippen molar-refractivity contribution in [2.75, 3.05) is 44.4 Å². The van der Waals surface area contributed by atoms with Gasteiger partial charge in [0, 0.05) is 62.7 Å². The van der Waals surface area contributed by atoms with Crippen LogP contribution in [0.1, 0.15) is 52.9 Å². The van der Waals surface area contributed by atoms with Gasteiger partial charge in [0.15, 0.2) is 11.5 Å². The molecule has 0 atom stereocenters. The number of pyridine rings is 1. The molecule has 206 valence electrons. The number of aliphatic hydroxyl groups is 1. The molecule has 3 aromatic rings. The maximum absolute atomic E-state index is 13.8. The fourth-order valence-corrected chi connectivity index (χ4v) is 6.54. The number of piperidine rings is 1. The number of carbonyl (C=O) groups is 2. The van der Waals surface area contributed by atoms with Gasteiger partial charge in [0.05, 0.1) is 16.5 Å². The Bertz CT molecular complexity index is 1380. The van der Waals surface area contributed by atoms with E-state index in [-0.39, 0.29) is 24.7 Å². The molecule has 0 spiro atoms. The molecule has 9 nitrogen and oxygen atoms in total. The third-order valence-corrected chi connectivity index (χ3v) is 8.87. The number of anilines is 1. The number of fused-ring (bicyclic) bond motifs is 2. The van der Waals surface area contributed by atoms with E-state index in [1.165, 1.54) is 11.3 Å². The van der Waals surface area contributed by atoms with E-state index in [4.69, 9.17) is 14.5 Å². The second-order valence-electron chi connectivity index (χ2n) is 10.6. The van der Waals surface area contributed by atoms with E-state index in [1.54, 1.807) is 0 Å². The molecule has 10 heteroatoms. The molecule has 3 aliphatic heterocycles. The third kappa shape index (κ3) is 5.40. The van der Waals surface area contributed by atoms with Crippen LogP contribution in [-0.2, 0) is 11.3 Å². The SMILES string of the molecule is Cc1ccsc1C(=O)N(CCCN1CCCC1=O)Cc1cc2cc3c(cc2nc1N1CCC(O)CC1)OCO3. The van der Waals surface area contributed by atoms with Crippen LogP contribution >= 0.6 is 11.3 Å². The van der Waals surface area contributed by atoms with Crippen LogP contribution in [0.15, 0.2) is 29.6 Å². The molecule has 0 radical (unpaired) electrons. The molecule has 0 saturated carbocycles. The van der Waals surface area contributed by atoms with Gasteiger partial charge in [-0.2, -0.15) is 0 Å². The van der Waals surface area contributed by atoms with Gasteiger partial charge >= 0.3 is 0 Å². The molecule has 3 aliphatic rings. The fourth-order valence-electron chi connectivity index (χ4n) is 5.65. The van der Waals surface area contributed by atoms with E-state index in [9.17, 15) is 14.7 Å². The topological polar surface area (TPSA) is 95.4 Å². The number of carbonyl (C=O) groups excluding carboxylic acids is 2. The van der Waals surface area contributed by atoms with Gasteiger partial charge in [0.1, 0.15) is 5.82 Å². The highest BCUT2D eigenvalue weighted by Gasteiger charge is 2.27. The highest BCUT2D eigenvalue weighted by Crippen LogP contribution is 2.38. The Kier molecular flexibility index (Phi) is 7.31. The van der Waals surface area contributed by atoms with Crippen LogP contribution in [0.4, 0.5) is 5.82 Å². The minimum Gasteiger partial charge on any atom is -0.454 e. The molecule has 0 unspecified atom stereocenters. The van der Waals surface area contributed by atoms with Crippen molar-refractivity contribution in [3.05, 3.63) is 45.6 Å². The molecule has 2 amide bonds. The second-order valence-corrected chi connectivity index (χ2v) is 11.5. The Balaban J connectivity index is 1.33. The van der Waals surface area contributed by atoms with Crippen molar-refractivity contribution in [2.24, 2.45) is 0 Å². The number of ether oxygens (including phenoxy) is 2. The molecule has 5 heterocycles. The average molecular weight is 551 g/mol. The summed E-state index contributed by atoms with van der Waals surface area (Å²) >= 11 is 1.46. The van der Waals surface area contributed by atoms with E-state index < -0.39 is 0 Å². The Morgan fingerprint density at radius 3 is 2.69 bits per heavy atom. The van der Waals surface area contributed by atoms with Gasteiger partial charge in [-0.1, -0.05) is 0 Å². The summed E-state index contributed by atoms with van der Waals surface area (Å²) in [5.74, 6) is 2.42. The minimum absolute atomic E-state index is 0.000971. The van der Waals surface area contributed by atoms with Gasteiger partial charge in [0.2, 0.25) is 12.7 Å². The molecule has 2 aromatic heterocycles. The van der Waals surface area contributed by atoms with Crippen molar-refractivity contribution in [3.63, 3.8) is 0 Å². The number of thiophene rings is 1. The Labute approximate surface area is 231 Å². The summed E-state index contributed by atoms with van der Waals surface area (Å²) in [5.41, 5.74) is 2.74. The van der Waals surface area contributed by atoms with Crippen LogP contribution < -0.4 is 14.4 Å². The molecule has 1 aromatic carbocycles. The molecule has 39 heavy (non-hydrogen) atoms. The molecule has 1 N–H and O–H groups in total. The van der Waals surface area contributed by atoms with Crippen molar-refractivity contribution in [1.82, 2.24) is 14.8 Å². The van der Waals surface area contributed by atoms with Crippen molar-refractivity contribution in [2.45, 2.75) is 51.7 Å². The second kappa shape index (κ2) is 11.0. The molecule has 0 bridgehead atoms. The summed E-state index contributed by atoms with van der Waals surface area (Å²) in [7, 11) is 0. The van der Waals surface area contributed by atoms with E-state index in [0.717, 1.165) is 45.7 Å². The maximum atomic E-state index is 13.8.